The monoisotopic (exact) mass is 434 g/mol. The van der Waals surface area contributed by atoms with E-state index in [1.54, 1.807) is 6.20 Å². The SMILES string of the molecule is C=C(CC(c1ccccc1)c1ccccc1)N1CCCc2c1nc(-c1ccccn1)[nH]c2=O. The lowest BCUT2D eigenvalue weighted by molar-refractivity contribution is 0.680. The minimum atomic E-state index is -0.0965. The van der Waals surface area contributed by atoms with Crippen LogP contribution in [0.15, 0.2) is 102 Å². The predicted octanol–water partition coefficient (Wildman–Crippen LogP) is 5.32. The quantitative estimate of drug-likeness (QED) is 0.446. The van der Waals surface area contributed by atoms with Crippen molar-refractivity contribution in [3.63, 3.8) is 0 Å². The van der Waals surface area contributed by atoms with Crippen LogP contribution in [-0.2, 0) is 6.42 Å². The first kappa shape index (κ1) is 20.9. The molecule has 5 heteroatoms. The number of rotatable bonds is 6. The van der Waals surface area contributed by atoms with Crippen LogP contribution in [0.3, 0.4) is 0 Å². The van der Waals surface area contributed by atoms with E-state index in [0.29, 0.717) is 23.8 Å². The molecular weight excluding hydrogens is 408 g/mol. The minimum absolute atomic E-state index is 0.0965. The van der Waals surface area contributed by atoms with Crippen molar-refractivity contribution in [1.29, 1.82) is 0 Å². The largest absolute Gasteiger partial charge is 0.330 e. The van der Waals surface area contributed by atoms with Crippen LogP contribution >= 0.6 is 0 Å². The first-order chi connectivity index (χ1) is 16.2. The van der Waals surface area contributed by atoms with Crippen molar-refractivity contribution in [2.24, 2.45) is 0 Å². The second-order valence-electron chi connectivity index (χ2n) is 8.33. The molecule has 0 aliphatic carbocycles. The van der Waals surface area contributed by atoms with Crippen molar-refractivity contribution < 1.29 is 0 Å². The predicted molar refractivity (Wildman–Crippen MR) is 132 cm³/mol. The number of pyridine rings is 1. The maximum Gasteiger partial charge on any atom is 0.256 e. The van der Waals surface area contributed by atoms with Gasteiger partial charge in [0.05, 0.1) is 5.56 Å². The van der Waals surface area contributed by atoms with E-state index in [-0.39, 0.29) is 11.5 Å². The number of nitrogens with zero attached hydrogens (tertiary/aromatic N) is 3. The van der Waals surface area contributed by atoms with Crippen LogP contribution in [-0.4, -0.2) is 21.5 Å². The summed E-state index contributed by atoms with van der Waals surface area (Å²) in [5, 5.41) is 0. The number of aromatic amines is 1. The summed E-state index contributed by atoms with van der Waals surface area (Å²) in [4.78, 5) is 27.2. The van der Waals surface area contributed by atoms with Gasteiger partial charge in [-0.2, -0.15) is 0 Å². The third kappa shape index (κ3) is 4.35. The Hall–Kier alpha value is -3.99. The molecule has 164 valence electrons. The summed E-state index contributed by atoms with van der Waals surface area (Å²) in [5.41, 5.74) is 4.72. The zero-order valence-electron chi connectivity index (χ0n) is 18.4. The number of hydrogen-bond acceptors (Lipinski definition) is 4. The fourth-order valence-electron chi connectivity index (χ4n) is 4.53. The summed E-state index contributed by atoms with van der Waals surface area (Å²) in [5.74, 6) is 1.36. The molecule has 1 aliphatic rings. The number of aromatic nitrogens is 3. The first-order valence-electron chi connectivity index (χ1n) is 11.3. The fraction of sp³-hybridized carbons (Fsp3) is 0.179. The van der Waals surface area contributed by atoms with Gasteiger partial charge in [0.2, 0.25) is 0 Å². The molecule has 5 rings (SSSR count). The number of anilines is 1. The van der Waals surface area contributed by atoms with Crippen LogP contribution in [0, 0.1) is 0 Å². The second kappa shape index (κ2) is 9.25. The summed E-state index contributed by atoms with van der Waals surface area (Å²) in [7, 11) is 0. The molecule has 0 fully saturated rings. The molecule has 33 heavy (non-hydrogen) atoms. The lowest BCUT2D eigenvalue weighted by Gasteiger charge is -2.33. The van der Waals surface area contributed by atoms with E-state index in [4.69, 9.17) is 4.98 Å². The molecule has 0 unspecified atom stereocenters. The van der Waals surface area contributed by atoms with E-state index in [0.717, 1.165) is 30.6 Å². The zero-order valence-corrected chi connectivity index (χ0v) is 18.4. The van der Waals surface area contributed by atoms with Gasteiger partial charge in [-0.1, -0.05) is 73.3 Å². The summed E-state index contributed by atoms with van der Waals surface area (Å²) in [6, 6.07) is 26.6. The average Bonchev–Trinajstić information content (AvgIpc) is 2.88. The van der Waals surface area contributed by atoms with Gasteiger partial charge in [0, 0.05) is 24.4 Å². The fourth-order valence-corrected chi connectivity index (χ4v) is 4.53. The van der Waals surface area contributed by atoms with E-state index in [2.05, 4.69) is 70.0 Å². The van der Waals surface area contributed by atoms with E-state index >= 15 is 0 Å². The molecule has 1 aliphatic heterocycles. The van der Waals surface area contributed by atoms with Gasteiger partial charge < -0.3 is 9.88 Å². The highest BCUT2D eigenvalue weighted by Crippen LogP contribution is 2.35. The standard InChI is InChI=1S/C28H26N4O/c1-20(19-24(21-11-4-2-5-12-21)22-13-6-3-7-14-22)32-18-10-15-23-27(32)30-26(31-28(23)33)25-16-8-9-17-29-25/h2-9,11-14,16-17,24H,1,10,15,18-19H2,(H,30,31,33). The van der Waals surface area contributed by atoms with Gasteiger partial charge in [-0.15, -0.1) is 0 Å². The molecule has 5 nitrogen and oxygen atoms in total. The Morgan fingerprint density at radius 3 is 2.27 bits per heavy atom. The van der Waals surface area contributed by atoms with Gasteiger partial charge in [-0.3, -0.25) is 9.78 Å². The van der Waals surface area contributed by atoms with Crippen molar-refractivity contribution in [2.45, 2.75) is 25.2 Å². The Morgan fingerprint density at radius 1 is 0.970 bits per heavy atom. The molecule has 3 heterocycles. The Kier molecular flexibility index (Phi) is 5.85. The molecule has 2 aromatic heterocycles. The highest BCUT2D eigenvalue weighted by Gasteiger charge is 2.26. The van der Waals surface area contributed by atoms with Crippen molar-refractivity contribution in [1.82, 2.24) is 15.0 Å². The van der Waals surface area contributed by atoms with Crippen molar-refractivity contribution in [3.8, 4) is 11.5 Å². The number of benzene rings is 2. The topological polar surface area (TPSA) is 61.9 Å². The third-order valence-electron chi connectivity index (χ3n) is 6.19. The van der Waals surface area contributed by atoms with Crippen LogP contribution < -0.4 is 10.5 Å². The number of H-pyrrole nitrogens is 1. The average molecular weight is 435 g/mol. The molecule has 0 amide bonds. The lowest BCUT2D eigenvalue weighted by Crippen LogP contribution is -2.34. The maximum atomic E-state index is 12.9. The summed E-state index contributed by atoms with van der Waals surface area (Å²) in [6.45, 7) is 5.25. The maximum absolute atomic E-state index is 12.9. The summed E-state index contributed by atoms with van der Waals surface area (Å²) < 4.78 is 0. The molecule has 0 radical (unpaired) electrons. The molecule has 0 saturated carbocycles. The number of fused-ring (bicyclic) bond motifs is 1. The number of nitrogens with one attached hydrogen (secondary N) is 1. The van der Waals surface area contributed by atoms with Gasteiger partial charge in [-0.25, -0.2) is 4.98 Å². The number of allylic oxidation sites excluding steroid dienone is 1. The Bertz CT molecular complexity index is 1260. The smallest absolute Gasteiger partial charge is 0.256 e. The Morgan fingerprint density at radius 2 is 1.64 bits per heavy atom. The van der Waals surface area contributed by atoms with Crippen molar-refractivity contribution in [3.05, 3.63) is 124 Å². The first-order valence-corrected chi connectivity index (χ1v) is 11.3. The lowest BCUT2D eigenvalue weighted by atomic mass is 9.87. The third-order valence-corrected chi connectivity index (χ3v) is 6.19. The number of hydrogen-bond donors (Lipinski definition) is 1. The Balaban J connectivity index is 1.51. The van der Waals surface area contributed by atoms with Crippen LogP contribution in [0.2, 0.25) is 0 Å². The van der Waals surface area contributed by atoms with Crippen molar-refractivity contribution >= 4 is 5.82 Å². The van der Waals surface area contributed by atoms with E-state index in [9.17, 15) is 4.79 Å². The van der Waals surface area contributed by atoms with Crippen LogP contribution in [0.4, 0.5) is 5.82 Å². The molecule has 2 aromatic carbocycles. The van der Waals surface area contributed by atoms with Crippen LogP contribution in [0.1, 0.15) is 35.4 Å². The molecule has 0 atom stereocenters. The molecular formula is C28H26N4O. The van der Waals surface area contributed by atoms with Gasteiger partial charge >= 0.3 is 0 Å². The highest BCUT2D eigenvalue weighted by molar-refractivity contribution is 5.59. The van der Waals surface area contributed by atoms with E-state index < -0.39 is 0 Å². The zero-order chi connectivity index (χ0) is 22.6. The van der Waals surface area contributed by atoms with Gasteiger partial charge in [0.1, 0.15) is 11.5 Å². The van der Waals surface area contributed by atoms with Gasteiger partial charge in [0.15, 0.2) is 5.82 Å². The van der Waals surface area contributed by atoms with Crippen molar-refractivity contribution in [2.75, 3.05) is 11.4 Å². The second-order valence-corrected chi connectivity index (χ2v) is 8.33. The molecule has 4 aromatic rings. The molecule has 0 bridgehead atoms. The summed E-state index contributed by atoms with van der Waals surface area (Å²) in [6.07, 6.45) is 4.04. The van der Waals surface area contributed by atoms with E-state index in [1.807, 2.05) is 30.3 Å². The van der Waals surface area contributed by atoms with Gasteiger partial charge in [0.25, 0.3) is 5.56 Å². The molecule has 1 N–H and O–H groups in total. The van der Waals surface area contributed by atoms with E-state index in [1.165, 1.54) is 11.1 Å². The Labute approximate surface area is 193 Å². The van der Waals surface area contributed by atoms with Crippen LogP contribution in [0.25, 0.3) is 11.5 Å². The van der Waals surface area contributed by atoms with Gasteiger partial charge in [-0.05, 0) is 42.5 Å². The summed E-state index contributed by atoms with van der Waals surface area (Å²) >= 11 is 0. The van der Waals surface area contributed by atoms with Crippen LogP contribution in [0.5, 0.6) is 0 Å². The molecule has 0 saturated heterocycles. The minimum Gasteiger partial charge on any atom is -0.330 e. The normalized spacial score (nSPS) is 13.1. The highest BCUT2D eigenvalue weighted by atomic mass is 16.1. The molecule has 0 spiro atoms.